The first-order chi connectivity index (χ1) is 20.9. The van der Waals surface area contributed by atoms with E-state index in [1.807, 2.05) is 0 Å². The standard InChI is InChI=1S/C37H58O8/c1-32(2)14-16-37(31(42)43)17-15-35(6)22(23(37)19-32)8-9-26-34(5)12-10-21(33(3,4)25(34)11-13-36(26,35)7)18-24-27(39)28(40)29(41)30(45-24)44-20-38/h8,20-21,23-30,39-41H,9-19H2,1-7H3,(H,42,43)/t21-,23?,24+,25?,26?,27?,28-,29+,30?,34+,35-,36-,37+/m1/s1. The van der Waals surface area contributed by atoms with E-state index in [2.05, 4.69) is 54.5 Å². The van der Waals surface area contributed by atoms with Crippen molar-refractivity contribution in [2.24, 2.45) is 56.2 Å². The number of carbonyl (C=O) groups is 2. The van der Waals surface area contributed by atoms with Crippen molar-refractivity contribution in [3.63, 3.8) is 0 Å². The molecule has 0 aromatic heterocycles. The monoisotopic (exact) mass is 630 g/mol. The van der Waals surface area contributed by atoms with Gasteiger partial charge in [-0.15, -0.1) is 0 Å². The molecule has 4 N–H and O–H groups in total. The predicted molar refractivity (Wildman–Crippen MR) is 169 cm³/mol. The average Bonchev–Trinajstić information content (AvgIpc) is 2.95. The predicted octanol–water partition coefficient (Wildman–Crippen LogP) is 5.86. The first-order valence-corrected chi connectivity index (χ1v) is 17.6. The molecule has 6 rings (SSSR count). The summed E-state index contributed by atoms with van der Waals surface area (Å²) < 4.78 is 10.8. The molecule has 8 heteroatoms. The minimum atomic E-state index is -1.49. The van der Waals surface area contributed by atoms with Crippen molar-refractivity contribution >= 4 is 12.4 Å². The smallest absolute Gasteiger partial charge is 0.310 e. The summed E-state index contributed by atoms with van der Waals surface area (Å²) in [6.07, 6.45) is 6.44. The Hall–Kier alpha value is -1.48. The number of hydrogen-bond donors (Lipinski definition) is 4. The Labute approximate surface area is 269 Å². The molecule has 0 spiro atoms. The van der Waals surface area contributed by atoms with Gasteiger partial charge in [0.15, 0.2) is 0 Å². The third kappa shape index (κ3) is 4.65. The van der Waals surface area contributed by atoms with Gasteiger partial charge in [-0.05, 0) is 121 Å². The highest BCUT2D eigenvalue weighted by atomic mass is 16.7. The lowest BCUT2D eigenvalue weighted by atomic mass is 9.33. The molecule has 1 aliphatic heterocycles. The maximum Gasteiger partial charge on any atom is 0.310 e. The second kappa shape index (κ2) is 10.8. The molecule has 45 heavy (non-hydrogen) atoms. The number of ether oxygens (including phenoxy) is 2. The van der Waals surface area contributed by atoms with Gasteiger partial charge in [-0.1, -0.05) is 60.1 Å². The number of carbonyl (C=O) groups excluding carboxylic acids is 1. The topological polar surface area (TPSA) is 134 Å². The zero-order valence-corrected chi connectivity index (χ0v) is 28.6. The van der Waals surface area contributed by atoms with Gasteiger partial charge in [0.1, 0.15) is 18.3 Å². The Balaban J connectivity index is 1.28. The number of aliphatic hydroxyl groups is 3. The van der Waals surface area contributed by atoms with Crippen molar-refractivity contribution in [1.82, 2.24) is 0 Å². The number of carboxylic acid groups (broad SMARTS) is 1. The highest BCUT2D eigenvalue weighted by molar-refractivity contribution is 5.76. The molecule has 5 fully saturated rings. The Kier molecular flexibility index (Phi) is 7.99. The van der Waals surface area contributed by atoms with Gasteiger partial charge in [0.25, 0.3) is 6.47 Å². The normalized spacial score (nSPS) is 51.8. The van der Waals surface area contributed by atoms with Gasteiger partial charge in [-0.3, -0.25) is 9.59 Å². The average molecular weight is 631 g/mol. The van der Waals surface area contributed by atoms with E-state index in [4.69, 9.17) is 9.47 Å². The van der Waals surface area contributed by atoms with Gasteiger partial charge >= 0.3 is 5.97 Å². The van der Waals surface area contributed by atoms with Gasteiger partial charge in [0, 0.05) is 0 Å². The molecule has 0 amide bonds. The van der Waals surface area contributed by atoms with E-state index >= 15 is 0 Å². The van der Waals surface area contributed by atoms with Crippen molar-refractivity contribution in [2.45, 2.75) is 150 Å². The van der Waals surface area contributed by atoms with Crippen LogP contribution in [0.2, 0.25) is 0 Å². The second-order valence-electron chi connectivity index (χ2n) is 18.2. The first kappa shape index (κ1) is 33.4. The Morgan fingerprint density at radius 3 is 2.27 bits per heavy atom. The van der Waals surface area contributed by atoms with Gasteiger partial charge < -0.3 is 29.9 Å². The van der Waals surface area contributed by atoms with Crippen LogP contribution in [0, 0.1) is 56.2 Å². The van der Waals surface area contributed by atoms with Gasteiger partial charge in [-0.25, -0.2) is 0 Å². The molecule has 1 heterocycles. The summed E-state index contributed by atoms with van der Waals surface area (Å²) in [7, 11) is 0. The van der Waals surface area contributed by atoms with Crippen LogP contribution in [0.4, 0.5) is 0 Å². The maximum absolute atomic E-state index is 13.0. The fourth-order valence-electron chi connectivity index (χ4n) is 12.7. The van der Waals surface area contributed by atoms with Crippen LogP contribution >= 0.6 is 0 Å². The van der Waals surface area contributed by atoms with Crippen molar-refractivity contribution in [1.29, 1.82) is 0 Å². The van der Waals surface area contributed by atoms with Crippen molar-refractivity contribution < 1.29 is 39.5 Å². The van der Waals surface area contributed by atoms with Crippen LogP contribution < -0.4 is 0 Å². The molecule has 0 aromatic rings. The fraction of sp³-hybridized carbons (Fsp3) is 0.892. The molecule has 1 saturated heterocycles. The van der Waals surface area contributed by atoms with E-state index in [9.17, 15) is 30.0 Å². The van der Waals surface area contributed by atoms with Crippen molar-refractivity contribution in [3.05, 3.63) is 11.6 Å². The number of allylic oxidation sites excluding steroid dienone is 2. The SMILES string of the molecule is CC1(C)CC[C@]2(C(=O)O)CC[C@]3(C)C(=CCC4[C@@]5(C)CC[C@H](C[C@@H]6OC(OC=O)[C@@H](O)[C@H](O)C6O)C(C)(C)C5CC[C@]43C)C2C1. The Morgan fingerprint density at radius 1 is 0.911 bits per heavy atom. The third-order valence-corrected chi connectivity index (χ3v) is 15.7. The number of aliphatic hydroxyl groups excluding tert-OH is 3. The number of rotatable bonds is 5. The molecular formula is C37H58O8. The minimum absolute atomic E-state index is 0.0213. The third-order valence-electron chi connectivity index (χ3n) is 15.7. The lowest BCUT2D eigenvalue weighted by Gasteiger charge is -2.71. The first-order valence-electron chi connectivity index (χ1n) is 17.6. The van der Waals surface area contributed by atoms with E-state index < -0.39 is 42.1 Å². The van der Waals surface area contributed by atoms with Crippen molar-refractivity contribution in [3.8, 4) is 0 Å². The van der Waals surface area contributed by atoms with Crippen LogP contribution in [0.15, 0.2) is 11.6 Å². The summed E-state index contributed by atoms with van der Waals surface area (Å²) in [5.41, 5.74) is 1.07. The van der Waals surface area contributed by atoms with Crippen LogP contribution in [0.5, 0.6) is 0 Å². The van der Waals surface area contributed by atoms with Gasteiger partial charge in [-0.2, -0.15) is 0 Å². The van der Waals surface area contributed by atoms with E-state index in [1.165, 1.54) is 5.57 Å². The molecule has 254 valence electrons. The molecule has 5 aliphatic carbocycles. The number of fused-ring (bicyclic) bond motifs is 7. The van der Waals surface area contributed by atoms with Gasteiger partial charge in [0.2, 0.25) is 6.29 Å². The van der Waals surface area contributed by atoms with Crippen LogP contribution in [-0.2, 0) is 19.1 Å². The zero-order valence-electron chi connectivity index (χ0n) is 28.6. The molecule has 13 atom stereocenters. The minimum Gasteiger partial charge on any atom is -0.481 e. The number of carboxylic acids is 1. The summed E-state index contributed by atoms with van der Waals surface area (Å²) in [5.74, 6) is 0.682. The largest absolute Gasteiger partial charge is 0.481 e. The van der Waals surface area contributed by atoms with Crippen LogP contribution in [0.3, 0.4) is 0 Å². The summed E-state index contributed by atoms with van der Waals surface area (Å²) in [5, 5.41) is 42.3. The summed E-state index contributed by atoms with van der Waals surface area (Å²) >= 11 is 0. The number of hydrogen-bond acceptors (Lipinski definition) is 7. The van der Waals surface area contributed by atoms with E-state index in [0.29, 0.717) is 18.3 Å². The summed E-state index contributed by atoms with van der Waals surface area (Å²) in [4.78, 5) is 24.0. The molecular weight excluding hydrogens is 572 g/mol. The van der Waals surface area contributed by atoms with Gasteiger partial charge in [0.05, 0.1) is 11.5 Å². The van der Waals surface area contributed by atoms with E-state index in [0.717, 1.165) is 64.2 Å². The molecule has 0 bridgehead atoms. The van der Waals surface area contributed by atoms with Crippen molar-refractivity contribution in [2.75, 3.05) is 0 Å². The van der Waals surface area contributed by atoms with E-state index in [1.54, 1.807) is 0 Å². The zero-order chi connectivity index (χ0) is 33.0. The summed E-state index contributed by atoms with van der Waals surface area (Å²) in [6, 6.07) is 0. The Bertz CT molecular complexity index is 1230. The summed E-state index contributed by atoms with van der Waals surface area (Å²) in [6.45, 7) is 17.1. The van der Waals surface area contributed by atoms with Crippen LogP contribution in [0.25, 0.3) is 0 Å². The molecule has 8 nitrogen and oxygen atoms in total. The molecule has 0 radical (unpaired) electrons. The van der Waals surface area contributed by atoms with Crippen LogP contribution in [-0.4, -0.2) is 63.6 Å². The highest BCUT2D eigenvalue weighted by Gasteiger charge is 2.69. The second-order valence-corrected chi connectivity index (χ2v) is 18.2. The van der Waals surface area contributed by atoms with E-state index in [-0.39, 0.29) is 45.4 Å². The quantitative estimate of drug-likeness (QED) is 0.219. The lowest BCUT2D eigenvalue weighted by molar-refractivity contribution is -0.290. The molecule has 5 unspecified atom stereocenters. The fourth-order valence-corrected chi connectivity index (χ4v) is 12.7. The Morgan fingerprint density at radius 2 is 1.60 bits per heavy atom. The highest BCUT2D eigenvalue weighted by Crippen LogP contribution is 2.76. The number of aliphatic carboxylic acids is 1. The molecule has 6 aliphatic rings. The van der Waals surface area contributed by atoms with Crippen LogP contribution in [0.1, 0.15) is 119 Å². The maximum atomic E-state index is 13.0. The lowest BCUT2D eigenvalue weighted by Crippen LogP contribution is -2.65. The molecule has 0 aromatic carbocycles. The molecule has 4 saturated carbocycles.